The summed E-state index contributed by atoms with van der Waals surface area (Å²) < 4.78 is 31.4. The molecule has 0 amide bonds. The Bertz CT molecular complexity index is 337. The molecule has 1 aliphatic heterocycles. The van der Waals surface area contributed by atoms with Gasteiger partial charge in [0.15, 0.2) is 0 Å². The highest BCUT2D eigenvalue weighted by atomic mass is 32.2. The van der Waals surface area contributed by atoms with Crippen LogP contribution in [-0.2, 0) is 14.8 Å². The first-order valence-electron chi connectivity index (χ1n) is 5.91. The lowest BCUT2D eigenvalue weighted by Crippen LogP contribution is -2.38. The molecule has 1 aliphatic rings. The number of hydrogen-bond donors (Lipinski definition) is 3. The molecule has 4 N–H and O–H groups in total. The Balaban J connectivity index is 2.22. The summed E-state index contributed by atoms with van der Waals surface area (Å²) in [6.07, 6.45) is 3.12. The summed E-state index contributed by atoms with van der Waals surface area (Å²) in [5, 5.41) is 6.72. The second-order valence-corrected chi connectivity index (χ2v) is 6.28. The van der Waals surface area contributed by atoms with Gasteiger partial charge in [0, 0.05) is 26.2 Å². The summed E-state index contributed by atoms with van der Waals surface area (Å²) >= 11 is 0. The molecule has 0 atom stereocenters. The normalized spacial score (nSPS) is 18.1. The smallest absolute Gasteiger partial charge is 0.214 e. The van der Waals surface area contributed by atoms with Gasteiger partial charge in [0.05, 0.1) is 11.1 Å². The van der Waals surface area contributed by atoms with E-state index in [1.807, 2.05) is 0 Å². The van der Waals surface area contributed by atoms with Crippen LogP contribution >= 0.6 is 0 Å². The number of sulfonamides is 1. The molecule has 17 heavy (non-hydrogen) atoms. The second kappa shape index (κ2) is 6.93. The minimum atomic E-state index is -3.20. The molecule has 7 heteroatoms. The van der Waals surface area contributed by atoms with Gasteiger partial charge in [0.2, 0.25) is 10.0 Å². The van der Waals surface area contributed by atoms with Gasteiger partial charge in [-0.3, -0.25) is 5.41 Å². The predicted molar refractivity (Wildman–Crippen MR) is 66.5 cm³/mol. The van der Waals surface area contributed by atoms with Crippen molar-refractivity contribution in [3.8, 4) is 0 Å². The Morgan fingerprint density at radius 3 is 2.59 bits per heavy atom. The van der Waals surface area contributed by atoms with Crippen LogP contribution in [-0.4, -0.2) is 39.3 Å². The molecule has 0 aromatic carbocycles. The zero-order valence-electron chi connectivity index (χ0n) is 9.94. The lowest BCUT2D eigenvalue weighted by Gasteiger charge is -2.22. The zero-order chi connectivity index (χ0) is 12.7. The Kier molecular flexibility index (Phi) is 5.87. The van der Waals surface area contributed by atoms with Gasteiger partial charge >= 0.3 is 0 Å². The minimum absolute atomic E-state index is 0.150. The lowest BCUT2D eigenvalue weighted by molar-refractivity contribution is 0.0981. The van der Waals surface area contributed by atoms with Gasteiger partial charge in [-0.15, -0.1) is 0 Å². The van der Waals surface area contributed by atoms with E-state index in [9.17, 15) is 8.42 Å². The fourth-order valence-electron chi connectivity index (χ4n) is 1.76. The van der Waals surface area contributed by atoms with Gasteiger partial charge in [-0.1, -0.05) is 0 Å². The van der Waals surface area contributed by atoms with E-state index in [-0.39, 0.29) is 11.1 Å². The van der Waals surface area contributed by atoms with Gasteiger partial charge in [0.1, 0.15) is 0 Å². The summed E-state index contributed by atoms with van der Waals surface area (Å²) in [7, 11) is -3.20. The van der Waals surface area contributed by atoms with E-state index in [0.29, 0.717) is 45.4 Å². The van der Waals surface area contributed by atoms with Crippen LogP contribution in [0, 0.1) is 5.41 Å². The standard InChI is InChI=1S/C10H21N3O3S/c11-10(12)3-1-2-6-13-17(14,15)9-4-7-16-8-5-9/h9,13H,1-8H2,(H3,11,12). The van der Waals surface area contributed by atoms with Crippen molar-refractivity contribution in [2.75, 3.05) is 19.8 Å². The zero-order valence-corrected chi connectivity index (χ0v) is 10.8. The fourth-order valence-corrected chi connectivity index (χ4v) is 3.24. The van der Waals surface area contributed by atoms with Crippen molar-refractivity contribution in [1.29, 1.82) is 5.41 Å². The van der Waals surface area contributed by atoms with Crippen molar-refractivity contribution in [2.45, 2.75) is 37.4 Å². The van der Waals surface area contributed by atoms with Crippen molar-refractivity contribution in [1.82, 2.24) is 4.72 Å². The van der Waals surface area contributed by atoms with E-state index in [2.05, 4.69) is 4.72 Å². The molecule has 1 fully saturated rings. The Hall–Kier alpha value is -0.660. The molecule has 0 aliphatic carbocycles. The number of nitrogens with two attached hydrogens (primary N) is 1. The van der Waals surface area contributed by atoms with Crippen molar-refractivity contribution in [3.05, 3.63) is 0 Å². The highest BCUT2D eigenvalue weighted by molar-refractivity contribution is 7.90. The molecule has 0 bridgehead atoms. The molecule has 0 saturated carbocycles. The number of rotatable bonds is 7. The van der Waals surface area contributed by atoms with Gasteiger partial charge < -0.3 is 10.5 Å². The monoisotopic (exact) mass is 263 g/mol. The van der Waals surface area contributed by atoms with E-state index in [1.54, 1.807) is 0 Å². The molecule has 0 radical (unpaired) electrons. The summed E-state index contributed by atoms with van der Waals surface area (Å²) in [6, 6.07) is 0. The summed E-state index contributed by atoms with van der Waals surface area (Å²) in [4.78, 5) is 0. The summed E-state index contributed by atoms with van der Waals surface area (Å²) in [6.45, 7) is 1.47. The molecular formula is C10H21N3O3S. The van der Waals surface area contributed by atoms with Crippen LogP contribution in [0.3, 0.4) is 0 Å². The second-order valence-electron chi connectivity index (χ2n) is 4.23. The van der Waals surface area contributed by atoms with Crippen LogP contribution in [0.2, 0.25) is 0 Å². The Morgan fingerprint density at radius 2 is 2.00 bits per heavy atom. The van der Waals surface area contributed by atoms with Crippen LogP contribution < -0.4 is 10.5 Å². The fraction of sp³-hybridized carbons (Fsp3) is 0.900. The Labute approximate surface area is 102 Å². The molecule has 1 saturated heterocycles. The first kappa shape index (κ1) is 14.4. The number of nitrogens with one attached hydrogen (secondary N) is 2. The van der Waals surface area contributed by atoms with Crippen molar-refractivity contribution >= 4 is 15.9 Å². The first-order valence-corrected chi connectivity index (χ1v) is 7.46. The van der Waals surface area contributed by atoms with Gasteiger partial charge in [-0.2, -0.15) is 0 Å². The summed E-state index contributed by atoms with van der Waals surface area (Å²) in [5.74, 6) is 0.150. The van der Waals surface area contributed by atoms with Crippen molar-refractivity contribution in [3.63, 3.8) is 0 Å². The third-order valence-electron chi connectivity index (χ3n) is 2.78. The quantitative estimate of drug-likeness (QED) is 0.346. The third-order valence-corrected chi connectivity index (χ3v) is 4.74. The average molecular weight is 263 g/mol. The van der Waals surface area contributed by atoms with Crippen LogP contribution in [0.1, 0.15) is 32.1 Å². The van der Waals surface area contributed by atoms with E-state index >= 15 is 0 Å². The number of hydrogen-bond acceptors (Lipinski definition) is 4. The molecule has 0 aromatic heterocycles. The largest absolute Gasteiger partial charge is 0.388 e. The molecule has 1 rings (SSSR count). The Morgan fingerprint density at radius 1 is 1.35 bits per heavy atom. The van der Waals surface area contributed by atoms with Crippen LogP contribution in [0.5, 0.6) is 0 Å². The van der Waals surface area contributed by atoms with Crippen LogP contribution in [0.15, 0.2) is 0 Å². The van der Waals surface area contributed by atoms with E-state index in [4.69, 9.17) is 15.9 Å². The third kappa shape index (κ3) is 5.47. The topological polar surface area (TPSA) is 105 Å². The summed E-state index contributed by atoms with van der Waals surface area (Å²) in [5.41, 5.74) is 5.21. The van der Waals surface area contributed by atoms with E-state index in [1.165, 1.54) is 0 Å². The van der Waals surface area contributed by atoms with E-state index in [0.717, 1.165) is 6.42 Å². The van der Waals surface area contributed by atoms with Gasteiger partial charge in [0.25, 0.3) is 0 Å². The average Bonchev–Trinajstić information content (AvgIpc) is 2.29. The maximum atomic E-state index is 11.8. The predicted octanol–water partition coefficient (Wildman–Crippen LogP) is 0.191. The maximum absolute atomic E-state index is 11.8. The molecule has 0 aromatic rings. The highest BCUT2D eigenvalue weighted by Crippen LogP contribution is 2.14. The highest BCUT2D eigenvalue weighted by Gasteiger charge is 2.26. The molecule has 0 unspecified atom stereocenters. The SMILES string of the molecule is N=C(N)CCCCNS(=O)(=O)C1CCOCC1. The first-order chi connectivity index (χ1) is 8.02. The molecule has 100 valence electrons. The number of unbranched alkanes of at least 4 members (excludes halogenated alkanes) is 1. The van der Waals surface area contributed by atoms with Crippen LogP contribution in [0.25, 0.3) is 0 Å². The number of ether oxygens (including phenoxy) is 1. The van der Waals surface area contributed by atoms with Crippen LogP contribution in [0.4, 0.5) is 0 Å². The lowest BCUT2D eigenvalue weighted by atomic mass is 10.2. The molecule has 0 spiro atoms. The maximum Gasteiger partial charge on any atom is 0.214 e. The molecule has 6 nitrogen and oxygen atoms in total. The number of amidine groups is 1. The molecule has 1 heterocycles. The van der Waals surface area contributed by atoms with Crippen molar-refractivity contribution < 1.29 is 13.2 Å². The van der Waals surface area contributed by atoms with Gasteiger partial charge in [-0.05, 0) is 25.7 Å². The van der Waals surface area contributed by atoms with Gasteiger partial charge in [-0.25, -0.2) is 13.1 Å². The van der Waals surface area contributed by atoms with Crippen molar-refractivity contribution in [2.24, 2.45) is 5.73 Å². The molecular weight excluding hydrogens is 242 g/mol. The van der Waals surface area contributed by atoms with E-state index < -0.39 is 10.0 Å². The minimum Gasteiger partial charge on any atom is -0.388 e.